The number of rotatable bonds is 5. The maximum Gasteiger partial charge on any atom is 0.337 e. The van der Waals surface area contributed by atoms with Gasteiger partial charge in [-0.05, 0) is 38.5 Å². The number of aliphatic hydroxyl groups is 1. The zero-order valence-corrected chi connectivity index (χ0v) is 10.1. The standard InChI is InChI=1S/C13H18O4/c1-13(9-5-6-9)8-11(15)10(12(16)17-13)4-2-3-7-14/h7,9,15H,2-6,8H2,1H3. The smallest absolute Gasteiger partial charge is 0.337 e. The molecule has 0 saturated heterocycles. The van der Waals surface area contributed by atoms with E-state index in [0.29, 0.717) is 37.2 Å². The van der Waals surface area contributed by atoms with Crippen molar-refractivity contribution >= 4 is 12.3 Å². The zero-order valence-electron chi connectivity index (χ0n) is 10.1. The van der Waals surface area contributed by atoms with Crippen molar-refractivity contribution in [3.05, 3.63) is 11.3 Å². The molecule has 1 fully saturated rings. The Balaban J connectivity index is 2.05. The second kappa shape index (κ2) is 4.51. The van der Waals surface area contributed by atoms with Gasteiger partial charge in [-0.2, -0.15) is 0 Å². The van der Waals surface area contributed by atoms with E-state index in [-0.39, 0.29) is 5.76 Å². The first-order chi connectivity index (χ1) is 8.07. The summed E-state index contributed by atoms with van der Waals surface area (Å²) >= 11 is 0. The van der Waals surface area contributed by atoms with Gasteiger partial charge in [-0.15, -0.1) is 0 Å². The third-order valence-electron chi connectivity index (χ3n) is 3.63. The van der Waals surface area contributed by atoms with Gasteiger partial charge in [0.05, 0.1) is 5.57 Å². The molecular formula is C13H18O4. The lowest BCUT2D eigenvalue weighted by Gasteiger charge is -2.34. The fourth-order valence-electron chi connectivity index (χ4n) is 2.40. The van der Waals surface area contributed by atoms with Crippen LogP contribution in [0.15, 0.2) is 11.3 Å². The largest absolute Gasteiger partial charge is 0.512 e. The molecule has 1 aliphatic heterocycles. The van der Waals surface area contributed by atoms with Gasteiger partial charge >= 0.3 is 5.97 Å². The molecule has 2 rings (SSSR count). The molecule has 0 spiro atoms. The SMILES string of the molecule is CC1(C2CC2)CC(O)=C(CCCC=O)C(=O)O1. The Hall–Kier alpha value is -1.32. The number of cyclic esters (lactones) is 1. The van der Waals surface area contributed by atoms with Crippen LogP contribution in [-0.2, 0) is 14.3 Å². The van der Waals surface area contributed by atoms with Crippen molar-refractivity contribution < 1.29 is 19.4 Å². The predicted octanol–water partition coefficient (Wildman–Crippen LogP) is 2.28. The molecule has 4 heteroatoms. The van der Waals surface area contributed by atoms with Crippen LogP contribution in [0.2, 0.25) is 0 Å². The number of aldehydes is 1. The highest BCUT2D eigenvalue weighted by Gasteiger charge is 2.48. The average molecular weight is 238 g/mol. The molecule has 1 saturated carbocycles. The van der Waals surface area contributed by atoms with Crippen LogP contribution in [0.25, 0.3) is 0 Å². The van der Waals surface area contributed by atoms with Crippen LogP contribution in [0.1, 0.15) is 45.4 Å². The molecule has 0 aromatic heterocycles. The molecule has 4 nitrogen and oxygen atoms in total. The summed E-state index contributed by atoms with van der Waals surface area (Å²) in [5, 5.41) is 9.94. The number of carbonyl (C=O) groups is 2. The van der Waals surface area contributed by atoms with Gasteiger partial charge in [0.1, 0.15) is 17.6 Å². The lowest BCUT2D eigenvalue weighted by atomic mass is 9.89. The summed E-state index contributed by atoms with van der Waals surface area (Å²) < 4.78 is 5.47. The second-order valence-electron chi connectivity index (χ2n) is 5.14. The topological polar surface area (TPSA) is 63.6 Å². The highest BCUT2D eigenvalue weighted by atomic mass is 16.6. The Morgan fingerprint density at radius 2 is 2.24 bits per heavy atom. The molecule has 17 heavy (non-hydrogen) atoms. The van der Waals surface area contributed by atoms with Gasteiger partial charge in [-0.25, -0.2) is 4.79 Å². The van der Waals surface area contributed by atoms with E-state index >= 15 is 0 Å². The van der Waals surface area contributed by atoms with E-state index in [1.165, 1.54) is 0 Å². The lowest BCUT2D eigenvalue weighted by Crippen LogP contribution is -2.39. The molecule has 0 aromatic carbocycles. The summed E-state index contributed by atoms with van der Waals surface area (Å²) in [5.74, 6) is 0.140. The number of aliphatic hydroxyl groups excluding tert-OH is 1. The third kappa shape index (κ3) is 2.51. The van der Waals surface area contributed by atoms with Crippen LogP contribution in [0.3, 0.4) is 0 Å². The number of carbonyl (C=O) groups excluding carboxylic acids is 2. The Morgan fingerprint density at radius 1 is 1.53 bits per heavy atom. The number of hydrogen-bond acceptors (Lipinski definition) is 4. The fraction of sp³-hybridized carbons (Fsp3) is 0.692. The number of esters is 1. The van der Waals surface area contributed by atoms with Crippen molar-refractivity contribution in [2.24, 2.45) is 5.92 Å². The van der Waals surface area contributed by atoms with Crippen molar-refractivity contribution in [3.8, 4) is 0 Å². The van der Waals surface area contributed by atoms with Gasteiger partial charge in [0.15, 0.2) is 0 Å². The molecule has 0 amide bonds. The summed E-state index contributed by atoms with van der Waals surface area (Å²) in [7, 11) is 0. The van der Waals surface area contributed by atoms with Crippen LogP contribution in [0, 0.1) is 5.92 Å². The highest BCUT2D eigenvalue weighted by Crippen LogP contribution is 2.47. The molecule has 1 N–H and O–H groups in total. The van der Waals surface area contributed by atoms with Gasteiger partial charge in [0, 0.05) is 12.8 Å². The average Bonchev–Trinajstić information content (AvgIpc) is 3.05. The molecule has 94 valence electrons. The summed E-state index contributed by atoms with van der Waals surface area (Å²) in [6.07, 6.45) is 4.78. The van der Waals surface area contributed by atoms with Crippen molar-refractivity contribution in [1.29, 1.82) is 0 Å². The normalized spacial score (nSPS) is 29.1. The van der Waals surface area contributed by atoms with Crippen molar-refractivity contribution in [2.75, 3.05) is 0 Å². The Bertz CT molecular complexity index is 368. The first-order valence-corrected chi connectivity index (χ1v) is 6.15. The minimum Gasteiger partial charge on any atom is -0.512 e. The van der Waals surface area contributed by atoms with E-state index < -0.39 is 11.6 Å². The maximum absolute atomic E-state index is 11.8. The minimum atomic E-state index is -0.519. The van der Waals surface area contributed by atoms with Gasteiger partial charge in [-0.1, -0.05) is 0 Å². The van der Waals surface area contributed by atoms with Crippen molar-refractivity contribution in [3.63, 3.8) is 0 Å². The number of ether oxygens (including phenoxy) is 1. The van der Waals surface area contributed by atoms with Crippen LogP contribution >= 0.6 is 0 Å². The summed E-state index contributed by atoms with van der Waals surface area (Å²) in [6.45, 7) is 1.89. The molecule has 0 bridgehead atoms. The van der Waals surface area contributed by atoms with Crippen molar-refractivity contribution in [2.45, 2.75) is 51.0 Å². The highest BCUT2D eigenvalue weighted by molar-refractivity contribution is 5.90. The van der Waals surface area contributed by atoms with Crippen molar-refractivity contribution in [1.82, 2.24) is 0 Å². The Morgan fingerprint density at radius 3 is 2.76 bits per heavy atom. The van der Waals surface area contributed by atoms with Crippen LogP contribution < -0.4 is 0 Å². The van der Waals surface area contributed by atoms with Gasteiger partial charge in [0.25, 0.3) is 0 Å². The fourth-order valence-corrected chi connectivity index (χ4v) is 2.40. The first kappa shape index (κ1) is 12.1. The Labute approximate surface area is 101 Å². The Kier molecular flexibility index (Phi) is 3.22. The number of unbranched alkanes of at least 4 members (excludes halogenated alkanes) is 1. The number of hydrogen-bond donors (Lipinski definition) is 1. The quantitative estimate of drug-likeness (QED) is 0.453. The van der Waals surface area contributed by atoms with Gasteiger partial charge in [0.2, 0.25) is 0 Å². The lowest BCUT2D eigenvalue weighted by molar-refractivity contribution is -0.159. The monoisotopic (exact) mass is 238 g/mol. The zero-order chi connectivity index (χ0) is 12.5. The predicted molar refractivity (Wildman–Crippen MR) is 61.4 cm³/mol. The van der Waals surface area contributed by atoms with Gasteiger partial charge < -0.3 is 14.6 Å². The van der Waals surface area contributed by atoms with E-state index in [1.807, 2.05) is 6.92 Å². The van der Waals surface area contributed by atoms with E-state index in [9.17, 15) is 14.7 Å². The molecule has 1 heterocycles. The first-order valence-electron chi connectivity index (χ1n) is 6.15. The van der Waals surface area contributed by atoms with Crippen LogP contribution in [0.4, 0.5) is 0 Å². The van der Waals surface area contributed by atoms with E-state index in [4.69, 9.17) is 4.74 Å². The van der Waals surface area contributed by atoms with Gasteiger partial charge in [-0.3, -0.25) is 0 Å². The van der Waals surface area contributed by atoms with E-state index in [1.54, 1.807) is 0 Å². The summed E-state index contributed by atoms with van der Waals surface area (Å²) in [6, 6.07) is 0. The summed E-state index contributed by atoms with van der Waals surface area (Å²) in [5.41, 5.74) is -0.167. The second-order valence-corrected chi connectivity index (χ2v) is 5.14. The molecule has 0 aromatic rings. The van der Waals surface area contributed by atoms with E-state index in [2.05, 4.69) is 0 Å². The van der Waals surface area contributed by atoms with Crippen LogP contribution in [-0.4, -0.2) is 23.0 Å². The molecule has 1 unspecified atom stereocenters. The van der Waals surface area contributed by atoms with Crippen LogP contribution in [0.5, 0.6) is 0 Å². The molecule has 0 radical (unpaired) electrons. The molecular weight excluding hydrogens is 220 g/mol. The molecule has 1 aliphatic carbocycles. The maximum atomic E-state index is 11.8. The minimum absolute atomic E-state index is 0.154. The third-order valence-corrected chi connectivity index (χ3v) is 3.63. The molecule has 2 aliphatic rings. The van der Waals surface area contributed by atoms with E-state index in [0.717, 1.165) is 19.1 Å². The summed E-state index contributed by atoms with van der Waals surface area (Å²) in [4.78, 5) is 22.0. The molecule has 1 atom stereocenters.